The van der Waals surface area contributed by atoms with Crippen LogP contribution in [0.4, 0.5) is 5.69 Å². The molecule has 1 unspecified atom stereocenters. The number of benzene rings is 2. The number of para-hydroxylation sites is 1. The van der Waals surface area contributed by atoms with Crippen LogP contribution in [-0.4, -0.2) is 49.4 Å². The first-order chi connectivity index (χ1) is 15.3. The summed E-state index contributed by atoms with van der Waals surface area (Å²) in [6.45, 7) is -0.506. The van der Waals surface area contributed by atoms with E-state index in [1.807, 2.05) is 0 Å². The number of carbonyl (C=O) groups excluding carboxylic acids is 1. The summed E-state index contributed by atoms with van der Waals surface area (Å²) in [5, 5.41) is 11.7. The number of hydrogen-bond acceptors (Lipinski definition) is 6. The molecule has 1 aromatic heterocycles. The molecule has 2 heterocycles. The first kappa shape index (κ1) is 22.0. The molecular formula is C22H20N2O6S2. The van der Waals surface area contributed by atoms with Gasteiger partial charge >= 0.3 is 5.97 Å². The van der Waals surface area contributed by atoms with Gasteiger partial charge in [-0.3, -0.25) is 9.59 Å². The lowest BCUT2D eigenvalue weighted by Gasteiger charge is -2.28. The maximum Gasteiger partial charge on any atom is 0.323 e. The fourth-order valence-electron chi connectivity index (χ4n) is 3.61. The van der Waals surface area contributed by atoms with E-state index in [2.05, 4.69) is 0 Å². The summed E-state index contributed by atoms with van der Waals surface area (Å²) in [7, 11) is -2.72. The molecule has 166 valence electrons. The number of carbonyl (C=O) groups is 2. The van der Waals surface area contributed by atoms with Gasteiger partial charge in [0, 0.05) is 12.2 Å². The van der Waals surface area contributed by atoms with E-state index in [4.69, 9.17) is 4.74 Å². The summed E-state index contributed by atoms with van der Waals surface area (Å²) in [5.74, 6) is -1.23. The largest absolute Gasteiger partial charge is 0.497 e. The molecule has 32 heavy (non-hydrogen) atoms. The molecule has 0 saturated carbocycles. The molecule has 3 aromatic rings. The minimum absolute atomic E-state index is 0.0555. The second-order valence-electron chi connectivity index (χ2n) is 7.10. The number of ether oxygens (including phenoxy) is 1. The summed E-state index contributed by atoms with van der Waals surface area (Å²) in [6, 6.07) is 14.5. The molecule has 8 nitrogen and oxygen atoms in total. The van der Waals surface area contributed by atoms with Gasteiger partial charge in [0.25, 0.3) is 5.91 Å². The summed E-state index contributed by atoms with van der Waals surface area (Å²) < 4.78 is 33.0. The molecular weight excluding hydrogens is 452 g/mol. The standard InChI is InChI=1S/C22H20N2O6S2/c1-30-16-8-10-17(11-9-16)32(28,29)24-13-15-5-2-3-6-18(15)23(14-19(24)22(26)27)21(25)20-7-4-12-31-20/h2-12,19H,13-14H2,1H3,(H,26,27). The molecule has 0 spiro atoms. The maximum absolute atomic E-state index is 13.5. The Morgan fingerprint density at radius 2 is 1.78 bits per heavy atom. The molecule has 0 radical (unpaired) electrons. The van der Waals surface area contributed by atoms with Gasteiger partial charge in [-0.25, -0.2) is 8.42 Å². The third-order valence-electron chi connectivity index (χ3n) is 5.24. The highest BCUT2D eigenvalue weighted by atomic mass is 32.2. The SMILES string of the molecule is COc1ccc(S(=O)(=O)N2Cc3ccccc3N(C(=O)c3cccs3)CC2C(=O)O)cc1. The van der Waals surface area contributed by atoms with Crippen molar-refractivity contribution in [2.24, 2.45) is 0 Å². The fraction of sp³-hybridized carbons (Fsp3) is 0.182. The van der Waals surface area contributed by atoms with Crippen molar-refractivity contribution in [3.05, 3.63) is 76.5 Å². The average molecular weight is 473 g/mol. The smallest absolute Gasteiger partial charge is 0.323 e. The predicted molar refractivity (Wildman–Crippen MR) is 120 cm³/mol. The van der Waals surface area contributed by atoms with Crippen molar-refractivity contribution in [3.8, 4) is 5.75 Å². The number of aliphatic carboxylic acids is 1. The Balaban J connectivity index is 1.81. The summed E-state index contributed by atoms with van der Waals surface area (Å²) in [5.41, 5.74) is 1.03. The van der Waals surface area contributed by atoms with Gasteiger partial charge < -0.3 is 14.7 Å². The molecule has 0 bridgehead atoms. The van der Waals surface area contributed by atoms with Crippen molar-refractivity contribution >= 4 is 38.9 Å². The van der Waals surface area contributed by atoms with Crippen molar-refractivity contribution in [1.82, 2.24) is 4.31 Å². The molecule has 1 atom stereocenters. The van der Waals surface area contributed by atoms with Crippen LogP contribution < -0.4 is 9.64 Å². The van der Waals surface area contributed by atoms with Crippen LogP contribution in [0.2, 0.25) is 0 Å². The summed E-state index contributed by atoms with van der Waals surface area (Å²) in [6.07, 6.45) is 0. The number of fused-ring (bicyclic) bond motifs is 1. The average Bonchev–Trinajstić information content (AvgIpc) is 3.27. The number of amides is 1. The van der Waals surface area contributed by atoms with Crippen LogP contribution in [0.15, 0.2) is 70.9 Å². The van der Waals surface area contributed by atoms with Gasteiger partial charge in [-0.1, -0.05) is 24.3 Å². The number of carboxylic acids is 1. The Bertz CT molecular complexity index is 1240. The minimum Gasteiger partial charge on any atom is -0.497 e. The Labute approximate surface area is 189 Å². The topological polar surface area (TPSA) is 104 Å². The zero-order valence-electron chi connectivity index (χ0n) is 17.0. The first-order valence-electron chi connectivity index (χ1n) is 9.65. The van der Waals surface area contributed by atoms with Crippen LogP contribution in [0.25, 0.3) is 0 Å². The molecule has 1 aliphatic heterocycles. The Hall–Kier alpha value is -3.21. The zero-order valence-corrected chi connectivity index (χ0v) is 18.7. The number of rotatable bonds is 5. The molecule has 10 heteroatoms. The number of hydrogen-bond donors (Lipinski definition) is 1. The minimum atomic E-state index is -4.19. The van der Waals surface area contributed by atoms with E-state index < -0.39 is 22.0 Å². The van der Waals surface area contributed by atoms with E-state index in [0.717, 1.165) is 4.31 Å². The van der Waals surface area contributed by atoms with Crippen LogP contribution in [0.1, 0.15) is 15.2 Å². The fourth-order valence-corrected chi connectivity index (χ4v) is 5.83. The third-order valence-corrected chi connectivity index (χ3v) is 7.97. The Morgan fingerprint density at radius 1 is 1.06 bits per heavy atom. The Morgan fingerprint density at radius 3 is 2.41 bits per heavy atom. The highest BCUT2D eigenvalue weighted by Crippen LogP contribution is 2.33. The molecule has 1 amide bonds. The van der Waals surface area contributed by atoms with Gasteiger partial charge in [0.2, 0.25) is 10.0 Å². The van der Waals surface area contributed by atoms with Gasteiger partial charge in [-0.2, -0.15) is 4.31 Å². The third kappa shape index (κ3) is 3.99. The van der Waals surface area contributed by atoms with Gasteiger partial charge in [-0.05, 0) is 47.3 Å². The molecule has 1 N–H and O–H groups in total. The molecule has 2 aromatic carbocycles. The lowest BCUT2D eigenvalue weighted by molar-refractivity contribution is -0.141. The van der Waals surface area contributed by atoms with Crippen molar-refractivity contribution in [1.29, 1.82) is 0 Å². The van der Waals surface area contributed by atoms with E-state index in [1.165, 1.54) is 47.6 Å². The van der Waals surface area contributed by atoms with Gasteiger partial charge in [0.1, 0.15) is 11.8 Å². The van der Waals surface area contributed by atoms with Crippen LogP contribution in [0, 0.1) is 0 Å². The summed E-state index contributed by atoms with van der Waals surface area (Å²) in [4.78, 5) is 27.2. The van der Waals surface area contributed by atoms with E-state index in [9.17, 15) is 23.1 Å². The zero-order chi connectivity index (χ0) is 22.9. The van der Waals surface area contributed by atoms with Gasteiger partial charge in [0.15, 0.2) is 0 Å². The molecule has 0 saturated heterocycles. The van der Waals surface area contributed by atoms with Crippen LogP contribution in [0.3, 0.4) is 0 Å². The number of nitrogens with zero attached hydrogens (tertiary/aromatic N) is 2. The van der Waals surface area contributed by atoms with Crippen LogP contribution in [0.5, 0.6) is 5.75 Å². The summed E-state index contributed by atoms with van der Waals surface area (Å²) >= 11 is 1.24. The first-order valence-corrected chi connectivity index (χ1v) is 12.0. The number of sulfonamides is 1. The molecule has 0 aliphatic carbocycles. The van der Waals surface area contributed by atoms with Crippen molar-refractivity contribution in [2.45, 2.75) is 17.5 Å². The second kappa shape index (κ2) is 8.73. The number of anilines is 1. The van der Waals surface area contributed by atoms with Crippen molar-refractivity contribution in [2.75, 3.05) is 18.6 Å². The number of methoxy groups -OCH3 is 1. The second-order valence-corrected chi connectivity index (χ2v) is 9.94. The van der Waals surface area contributed by atoms with Crippen molar-refractivity contribution < 1.29 is 27.9 Å². The van der Waals surface area contributed by atoms with Crippen LogP contribution in [-0.2, 0) is 21.4 Å². The van der Waals surface area contributed by atoms with Gasteiger partial charge in [-0.15, -0.1) is 11.3 Å². The Kier molecular flexibility index (Phi) is 6.00. The van der Waals surface area contributed by atoms with Crippen LogP contribution >= 0.6 is 11.3 Å². The quantitative estimate of drug-likeness (QED) is 0.612. The molecule has 1 aliphatic rings. The van der Waals surface area contributed by atoms with E-state index in [-0.39, 0.29) is 23.9 Å². The van der Waals surface area contributed by atoms with Gasteiger partial charge in [0.05, 0.1) is 23.4 Å². The normalized spacial score (nSPS) is 16.8. The monoisotopic (exact) mass is 472 g/mol. The lowest BCUT2D eigenvalue weighted by atomic mass is 10.1. The van der Waals surface area contributed by atoms with E-state index >= 15 is 0 Å². The predicted octanol–water partition coefficient (Wildman–Crippen LogP) is 3.06. The van der Waals surface area contributed by atoms with Crippen molar-refractivity contribution in [3.63, 3.8) is 0 Å². The molecule has 0 fully saturated rings. The number of carboxylic acid groups (broad SMARTS) is 1. The molecule has 4 rings (SSSR count). The van der Waals surface area contributed by atoms with E-state index in [0.29, 0.717) is 21.9 Å². The van der Waals surface area contributed by atoms with E-state index in [1.54, 1.807) is 41.8 Å². The maximum atomic E-state index is 13.5. The highest BCUT2D eigenvalue weighted by molar-refractivity contribution is 7.89. The number of thiophene rings is 1. The highest BCUT2D eigenvalue weighted by Gasteiger charge is 2.41. The lowest BCUT2D eigenvalue weighted by Crippen LogP contribution is -2.50.